The standard InChI is InChI=1S/C12H7N5OS/c13-5-7-1-3-8(4-2-7)17-6-15-10-9(11(17)18)19-12(14)16-10/h1-4,6H,(H2,14,16). The molecule has 1 aromatic carbocycles. The van der Waals surface area contributed by atoms with E-state index in [0.29, 0.717) is 26.7 Å². The summed E-state index contributed by atoms with van der Waals surface area (Å²) in [5, 5.41) is 9.06. The lowest BCUT2D eigenvalue weighted by atomic mass is 10.2. The van der Waals surface area contributed by atoms with Gasteiger partial charge in [0, 0.05) is 0 Å². The lowest BCUT2D eigenvalue weighted by Crippen LogP contribution is -2.17. The van der Waals surface area contributed by atoms with Crippen molar-refractivity contribution in [2.75, 3.05) is 5.73 Å². The predicted molar refractivity (Wildman–Crippen MR) is 72.1 cm³/mol. The van der Waals surface area contributed by atoms with Crippen molar-refractivity contribution in [1.82, 2.24) is 14.5 Å². The molecule has 0 saturated carbocycles. The summed E-state index contributed by atoms with van der Waals surface area (Å²) in [5.74, 6) is 0. The van der Waals surface area contributed by atoms with Gasteiger partial charge >= 0.3 is 0 Å². The molecule has 3 aromatic rings. The molecule has 0 radical (unpaired) electrons. The second kappa shape index (κ2) is 4.19. The van der Waals surface area contributed by atoms with Crippen molar-refractivity contribution in [2.24, 2.45) is 0 Å². The molecule has 2 N–H and O–H groups in total. The Morgan fingerprint density at radius 1 is 1.32 bits per heavy atom. The third-order valence-corrected chi connectivity index (χ3v) is 3.47. The Bertz CT molecular complexity index is 856. The van der Waals surface area contributed by atoms with Crippen molar-refractivity contribution in [3.8, 4) is 11.8 Å². The third kappa shape index (κ3) is 1.84. The topological polar surface area (TPSA) is 97.6 Å². The zero-order valence-electron chi connectivity index (χ0n) is 9.57. The van der Waals surface area contributed by atoms with Crippen LogP contribution < -0.4 is 11.3 Å². The zero-order valence-corrected chi connectivity index (χ0v) is 10.4. The molecule has 0 atom stereocenters. The molecule has 92 valence electrons. The van der Waals surface area contributed by atoms with Gasteiger partial charge in [0.2, 0.25) is 0 Å². The van der Waals surface area contributed by atoms with Crippen molar-refractivity contribution < 1.29 is 0 Å². The van der Waals surface area contributed by atoms with Gasteiger partial charge in [-0.1, -0.05) is 11.3 Å². The van der Waals surface area contributed by atoms with Gasteiger partial charge in [-0.25, -0.2) is 9.97 Å². The van der Waals surface area contributed by atoms with Crippen LogP contribution in [0.5, 0.6) is 0 Å². The van der Waals surface area contributed by atoms with E-state index in [9.17, 15) is 4.79 Å². The number of aromatic nitrogens is 3. The smallest absolute Gasteiger partial charge is 0.277 e. The predicted octanol–water partition coefficient (Wildman–Crippen LogP) is 1.30. The highest BCUT2D eigenvalue weighted by Gasteiger charge is 2.10. The largest absolute Gasteiger partial charge is 0.375 e. The summed E-state index contributed by atoms with van der Waals surface area (Å²) in [6.07, 6.45) is 1.41. The van der Waals surface area contributed by atoms with E-state index < -0.39 is 0 Å². The third-order valence-electron chi connectivity index (χ3n) is 2.61. The van der Waals surface area contributed by atoms with Gasteiger partial charge in [-0.05, 0) is 24.3 Å². The molecule has 2 aromatic heterocycles. The fourth-order valence-electron chi connectivity index (χ4n) is 1.71. The van der Waals surface area contributed by atoms with Crippen molar-refractivity contribution in [3.05, 3.63) is 46.5 Å². The zero-order chi connectivity index (χ0) is 13.4. The molecule has 3 rings (SSSR count). The maximum atomic E-state index is 12.3. The molecule has 0 bridgehead atoms. The summed E-state index contributed by atoms with van der Waals surface area (Å²) in [4.78, 5) is 20.3. The van der Waals surface area contributed by atoms with E-state index in [4.69, 9.17) is 11.0 Å². The quantitative estimate of drug-likeness (QED) is 0.718. The first kappa shape index (κ1) is 11.4. The summed E-state index contributed by atoms with van der Waals surface area (Å²) in [5.41, 5.74) is 6.89. The van der Waals surface area contributed by atoms with Gasteiger partial charge in [-0.3, -0.25) is 9.36 Å². The van der Waals surface area contributed by atoms with E-state index in [-0.39, 0.29) is 5.56 Å². The lowest BCUT2D eigenvalue weighted by Gasteiger charge is -2.04. The first-order valence-corrected chi connectivity index (χ1v) is 6.15. The number of nitrogen functional groups attached to an aromatic ring is 1. The fraction of sp³-hybridized carbons (Fsp3) is 0. The number of nitrogens with two attached hydrogens (primary N) is 1. The number of nitriles is 1. The minimum Gasteiger partial charge on any atom is -0.375 e. The monoisotopic (exact) mass is 269 g/mol. The minimum absolute atomic E-state index is 0.219. The van der Waals surface area contributed by atoms with Crippen LogP contribution in [0.25, 0.3) is 16.0 Å². The van der Waals surface area contributed by atoms with Gasteiger partial charge in [-0.15, -0.1) is 0 Å². The molecule has 0 aliphatic rings. The Balaban J connectivity index is 2.22. The van der Waals surface area contributed by atoms with Crippen molar-refractivity contribution in [2.45, 2.75) is 0 Å². The Kier molecular flexibility index (Phi) is 2.51. The van der Waals surface area contributed by atoms with Crippen LogP contribution in [0, 0.1) is 11.3 Å². The van der Waals surface area contributed by atoms with Gasteiger partial charge in [-0.2, -0.15) is 5.26 Å². The summed E-state index contributed by atoms with van der Waals surface area (Å²) in [6.45, 7) is 0. The van der Waals surface area contributed by atoms with Gasteiger partial charge in [0.25, 0.3) is 5.56 Å². The van der Waals surface area contributed by atoms with E-state index in [2.05, 4.69) is 9.97 Å². The second-order valence-electron chi connectivity index (χ2n) is 3.78. The molecule has 6 nitrogen and oxygen atoms in total. The van der Waals surface area contributed by atoms with E-state index in [1.165, 1.54) is 10.9 Å². The molecule has 2 heterocycles. The van der Waals surface area contributed by atoms with Crippen LogP contribution in [0.4, 0.5) is 5.13 Å². The lowest BCUT2D eigenvalue weighted by molar-refractivity contribution is 0.962. The maximum Gasteiger partial charge on any atom is 0.277 e. The normalized spacial score (nSPS) is 10.5. The Hall–Kier alpha value is -2.72. The summed E-state index contributed by atoms with van der Waals surface area (Å²) in [7, 11) is 0. The van der Waals surface area contributed by atoms with Crippen LogP contribution in [0.2, 0.25) is 0 Å². The summed E-state index contributed by atoms with van der Waals surface area (Å²) in [6, 6.07) is 8.70. The maximum absolute atomic E-state index is 12.3. The van der Waals surface area contributed by atoms with Crippen molar-refractivity contribution >= 4 is 26.8 Å². The van der Waals surface area contributed by atoms with Crippen LogP contribution in [-0.2, 0) is 0 Å². The molecule has 0 amide bonds. The molecule has 0 aliphatic heterocycles. The highest BCUT2D eigenvalue weighted by atomic mass is 32.1. The Morgan fingerprint density at radius 2 is 2.05 bits per heavy atom. The summed E-state index contributed by atoms with van der Waals surface area (Å²) >= 11 is 1.11. The molecule has 19 heavy (non-hydrogen) atoms. The number of benzene rings is 1. The van der Waals surface area contributed by atoms with Gasteiger partial charge in [0.05, 0.1) is 17.3 Å². The highest BCUT2D eigenvalue weighted by molar-refractivity contribution is 7.21. The van der Waals surface area contributed by atoms with Crippen molar-refractivity contribution in [1.29, 1.82) is 5.26 Å². The number of nitrogens with zero attached hydrogens (tertiary/aromatic N) is 4. The second-order valence-corrected chi connectivity index (χ2v) is 4.81. The SMILES string of the molecule is N#Cc1ccc(-n2cnc3nc(N)sc3c2=O)cc1. The summed E-state index contributed by atoms with van der Waals surface area (Å²) < 4.78 is 1.82. The van der Waals surface area contributed by atoms with E-state index >= 15 is 0 Å². The number of anilines is 1. The first-order chi connectivity index (χ1) is 9.19. The molecule has 0 aliphatic carbocycles. The molecular weight excluding hydrogens is 262 g/mol. The number of fused-ring (bicyclic) bond motifs is 1. The molecule has 0 spiro atoms. The average Bonchev–Trinajstić information content (AvgIpc) is 2.81. The van der Waals surface area contributed by atoms with Gasteiger partial charge < -0.3 is 5.73 Å². The Labute approximate surface area is 111 Å². The van der Waals surface area contributed by atoms with Crippen LogP contribution in [0.3, 0.4) is 0 Å². The molecule has 0 fully saturated rings. The Morgan fingerprint density at radius 3 is 2.74 bits per heavy atom. The number of rotatable bonds is 1. The molecule has 0 saturated heterocycles. The minimum atomic E-state index is -0.219. The van der Waals surface area contributed by atoms with Crippen LogP contribution in [-0.4, -0.2) is 14.5 Å². The van der Waals surface area contributed by atoms with E-state index in [0.717, 1.165) is 11.3 Å². The van der Waals surface area contributed by atoms with Crippen LogP contribution >= 0.6 is 11.3 Å². The van der Waals surface area contributed by atoms with Crippen molar-refractivity contribution in [3.63, 3.8) is 0 Å². The number of thiazole rings is 1. The van der Waals surface area contributed by atoms with Crippen LogP contribution in [0.1, 0.15) is 5.56 Å². The average molecular weight is 269 g/mol. The molecule has 7 heteroatoms. The molecular formula is C12H7N5OS. The number of hydrogen-bond acceptors (Lipinski definition) is 6. The van der Waals surface area contributed by atoms with Crippen LogP contribution in [0.15, 0.2) is 35.4 Å². The first-order valence-electron chi connectivity index (χ1n) is 5.33. The highest BCUT2D eigenvalue weighted by Crippen LogP contribution is 2.18. The van der Waals surface area contributed by atoms with E-state index in [1.54, 1.807) is 24.3 Å². The molecule has 0 unspecified atom stereocenters. The van der Waals surface area contributed by atoms with Gasteiger partial charge in [0.15, 0.2) is 10.8 Å². The van der Waals surface area contributed by atoms with Gasteiger partial charge in [0.1, 0.15) is 11.0 Å². The number of hydrogen-bond donors (Lipinski definition) is 1. The van der Waals surface area contributed by atoms with E-state index in [1.807, 2.05) is 6.07 Å². The fourth-order valence-corrected chi connectivity index (χ4v) is 2.43.